The van der Waals surface area contributed by atoms with Crippen LogP contribution in [0.15, 0.2) is 30.3 Å². The lowest BCUT2D eigenvalue weighted by atomic mass is 10.2. The summed E-state index contributed by atoms with van der Waals surface area (Å²) in [7, 11) is 0. The number of rotatable bonds is 3. The molecule has 2 rings (SSSR count). The largest absolute Gasteiger partial charge is 0.459 e. The molecular formula is C16H24N2O2. The smallest absolute Gasteiger partial charge is 0.320 e. The van der Waals surface area contributed by atoms with Crippen LogP contribution < -0.4 is 4.90 Å². The van der Waals surface area contributed by atoms with Gasteiger partial charge in [0.15, 0.2) is 0 Å². The number of carbonyl (C=O) groups is 1. The molecule has 0 unspecified atom stereocenters. The molecule has 1 aromatic carbocycles. The minimum Gasteiger partial charge on any atom is -0.459 e. The zero-order valence-corrected chi connectivity index (χ0v) is 12.6. The Balaban J connectivity index is 1.79. The van der Waals surface area contributed by atoms with E-state index in [0.717, 1.165) is 26.2 Å². The third kappa shape index (κ3) is 4.53. The summed E-state index contributed by atoms with van der Waals surface area (Å²) in [4.78, 5) is 16.3. The lowest BCUT2D eigenvalue weighted by Crippen LogP contribution is -2.48. The van der Waals surface area contributed by atoms with E-state index in [4.69, 9.17) is 4.74 Å². The van der Waals surface area contributed by atoms with Gasteiger partial charge in [0.25, 0.3) is 0 Å². The fourth-order valence-corrected chi connectivity index (χ4v) is 2.36. The summed E-state index contributed by atoms with van der Waals surface area (Å²) in [5.41, 5.74) is 0.854. The first-order valence-electron chi connectivity index (χ1n) is 7.18. The van der Waals surface area contributed by atoms with Gasteiger partial charge in [0.1, 0.15) is 5.60 Å². The van der Waals surface area contributed by atoms with E-state index in [1.54, 1.807) is 0 Å². The molecule has 20 heavy (non-hydrogen) atoms. The Hall–Kier alpha value is -1.55. The zero-order valence-electron chi connectivity index (χ0n) is 12.6. The van der Waals surface area contributed by atoms with E-state index in [1.165, 1.54) is 5.69 Å². The van der Waals surface area contributed by atoms with Crippen LogP contribution in [0.25, 0.3) is 0 Å². The molecule has 0 radical (unpaired) electrons. The molecule has 0 saturated carbocycles. The molecule has 0 N–H and O–H groups in total. The quantitative estimate of drug-likeness (QED) is 0.792. The molecule has 1 heterocycles. The van der Waals surface area contributed by atoms with Gasteiger partial charge in [-0.3, -0.25) is 9.69 Å². The number of carbonyl (C=O) groups excluding carboxylic acids is 1. The molecule has 1 aliphatic heterocycles. The van der Waals surface area contributed by atoms with E-state index in [1.807, 2.05) is 26.8 Å². The summed E-state index contributed by atoms with van der Waals surface area (Å²) in [5, 5.41) is 0. The Morgan fingerprint density at radius 1 is 1.10 bits per heavy atom. The molecule has 0 aliphatic carbocycles. The predicted octanol–water partition coefficient (Wildman–Crippen LogP) is 2.15. The molecule has 0 aromatic heterocycles. The highest BCUT2D eigenvalue weighted by molar-refractivity contribution is 5.72. The summed E-state index contributed by atoms with van der Waals surface area (Å²) in [6, 6.07) is 10.4. The SMILES string of the molecule is CC(C)(C)OC(=O)CN1CCN(c2ccccc2)CC1. The van der Waals surface area contributed by atoms with Crippen LogP contribution >= 0.6 is 0 Å². The van der Waals surface area contributed by atoms with E-state index in [9.17, 15) is 4.79 Å². The topological polar surface area (TPSA) is 32.8 Å². The van der Waals surface area contributed by atoms with Crippen molar-refractivity contribution < 1.29 is 9.53 Å². The molecule has 0 bridgehead atoms. The number of esters is 1. The van der Waals surface area contributed by atoms with Crippen LogP contribution in [0.3, 0.4) is 0 Å². The molecule has 1 saturated heterocycles. The molecule has 1 aromatic rings. The zero-order chi connectivity index (χ0) is 14.6. The summed E-state index contributed by atoms with van der Waals surface area (Å²) in [6.45, 7) is 9.79. The van der Waals surface area contributed by atoms with Crippen molar-refractivity contribution >= 4 is 11.7 Å². The van der Waals surface area contributed by atoms with Gasteiger partial charge in [-0.05, 0) is 32.9 Å². The van der Waals surface area contributed by atoms with Crippen LogP contribution in [-0.2, 0) is 9.53 Å². The average molecular weight is 276 g/mol. The van der Waals surface area contributed by atoms with Crippen LogP contribution in [0.1, 0.15) is 20.8 Å². The first kappa shape index (κ1) is 14.9. The van der Waals surface area contributed by atoms with Crippen LogP contribution in [0.5, 0.6) is 0 Å². The molecule has 4 heteroatoms. The Morgan fingerprint density at radius 3 is 2.25 bits per heavy atom. The third-order valence-electron chi connectivity index (χ3n) is 3.27. The first-order valence-corrected chi connectivity index (χ1v) is 7.18. The number of hydrogen-bond acceptors (Lipinski definition) is 4. The lowest BCUT2D eigenvalue weighted by Gasteiger charge is -2.36. The van der Waals surface area contributed by atoms with Crippen molar-refractivity contribution in [2.75, 3.05) is 37.6 Å². The van der Waals surface area contributed by atoms with Crippen LogP contribution in [0, 0.1) is 0 Å². The maximum atomic E-state index is 11.8. The first-order chi connectivity index (χ1) is 9.44. The van der Waals surface area contributed by atoms with Crippen molar-refractivity contribution in [2.24, 2.45) is 0 Å². The highest BCUT2D eigenvalue weighted by Gasteiger charge is 2.22. The molecule has 0 atom stereocenters. The van der Waals surface area contributed by atoms with E-state index in [0.29, 0.717) is 6.54 Å². The van der Waals surface area contributed by atoms with Crippen molar-refractivity contribution in [2.45, 2.75) is 26.4 Å². The number of piperazine rings is 1. The highest BCUT2D eigenvalue weighted by atomic mass is 16.6. The fraction of sp³-hybridized carbons (Fsp3) is 0.562. The van der Waals surface area contributed by atoms with Gasteiger partial charge in [0.2, 0.25) is 0 Å². The van der Waals surface area contributed by atoms with Gasteiger partial charge in [0, 0.05) is 31.9 Å². The second-order valence-corrected chi connectivity index (χ2v) is 6.19. The predicted molar refractivity (Wildman–Crippen MR) is 80.9 cm³/mol. The standard InChI is InChI=1S/C16H24N2O2/c1-16(2,3)20-15(19)13-17-9-11-18(12-10-17)14-7-5-4-6-8-14/h4-8H,9-13H2,1-3H3. The van der Waals surface area contributed by atoms with Crippen molar-refractivity contribution in [3.63, 3.8) is 0 Å². The van der Waals surface area contributed by atoms with Crippen molar-refractivity contribution in [3.8, 4) is 0 Å². The highest BCUT2D eigenvalue weighted by Crippen LogP contribution is 2.15. The normalized spacial score (nSPS) is 17.1. The molecule has 1 fully saturated rings. The van der Waals surface area contributed by atoms with Gasteiger partial charge in [-0.25, -0.2) is 0 Å². The van der Waals surface area contributed by atoms with Crippen LogP contribution in [0.2, 0.25) is 0 Å². The monoisotopic (exact) mass is 276 g/mol. The minimum atomic E-state index is -0.400. The Morgan fingerprint density at radius 2 is 1.70 bits per heavy atom. The second-order valence-electron chi connectivity index (χ2n) is 6.19. The van der Waals surface area contributed by atoms with Crippen molar-refractivity contribution in [1.82, 2.24) is 4.90 Å². The van der Waals surface area contributed by atoms with Gasteiger partial charge in [-0.1, -0.05) is 18.2 Å². The minimum absolute atomic E-state index is 0.134. The number of para-hydroxylation sites is 1. The summed E-state index contributed by atoms with van der Waals surface area (Å²) < 4.78 is 5.36. The number of nitrogens with zero attached hydrogens (tertiary/aromatic N) is 2. The Labute approximate surface area is 121 Å². The maximum absolute atomic E-state index is 11.8. The molecule has 0 spiro atoms. The second kappa shape index (κ2) is 6.27. The maximum Gasteiger partial charge on any atom is 0.320 e. The Kier molecular flexibility index (Phi) is 4.65. The van der Waals surface area contributed by atoms with Gasteiger partial charge >= 0.3 is 5.97 Å². The van der Waals surface area contributed by atoms with Crippen LogP contribution in [-0.4, -0.2) is 49.2 Å². The van der Waals surface area contributed by atoms with Crippen LogP contribution in [0.4, 0.5) is 5.69 Å². The van der Waals surface area contributed by atoms with Crippen molar-refractivity contribution in [1.29, 1.82) is 0 Å². The number of anilines is 1. The van der Waals surface area contributed by atoms with E-state index >= 15 is 0 Å². The van der Waals surface area contributed by atoms with E-state index in [2.05, 4.69) is 34.1 Å². The summed E-state index contributed by atoms with van der Waals surface area (Å²) in [6.07, 6.45) is 0. The summed E-state index contributed by atoms with van der Waals surface area (Å²) >= 11 is 0. The molecule has 110 valence electrons. The van der Waals surface area contributed by atoms with E-state index in [-0.39, 0.29) is 5.97 Å². The molecule has 4 nitrogen and oxygen atoms in total. The molecular weight excluding hydrogens is 252 g/mol. The lowest BCUT2D eigenvalue weighted by molar-refractivity contribution is -0.156. The third-order valence-corrected chi connectivity index (χ3v) is 3.27. The molecule has 0 amide bonds. The Bertz CT molecular complexity index is 432. The van der Waals surface area contributed by atoms with Gasteiger partial charge < -0.3 is 9.64 Å². The number of hydrogen-bond donors (Lipinski definition) is 0. The van der Waals surface area contributed by atoms with Crippen molar-refractivity contribution in [3.05, 3.63) is 30.3 Å². The van der Waals surface area contributed by atoms with E-state index < -0.39 is 5.60 Å². The summed E-state index contributed by atoms with van der Waals surface area (Å²) in [5.74, 6) is -0.134. The van der Waals surface area contributed by atoms with Gasteiger partial charge in [-0.15, -0.1) is 0 Å². The number of ether oxygens (including phenoxy) is 1. The molecule has 1 aliphatic rings. The van der Waals surface area contributed by atoms with Gasteiger partial charge in [0.05, 0.1) is 6.54 Å². The average Bonchev–Trinajstić information content (AvgIpc) is 2.38. The fourth-order valence-electron chi connectivity index (χ4n) is 2.36. The van der Waals surface area contributed by atoms with Gasteiger partial charge in [-0.2, -0.15) is 0 Å². The number of benzene rings is 1.